The van der Waals surface area contributed by atoms with Gasteiger partial charge < -0.3 is 20.5 Å². The van der Waals surface area contributed by atoms with Gasteiger partial charge in [0, 0.05) is 51.4 Å². The van der Waals surface area contributed by atoms with Crippen molar-refractivity contribution in [2.75, 3.05) is 32.8 Å². The molecule has 1 aliphatic rings. The molecule has 0 radical (unpaired) electrons. The largest absolute Gasteiger partial charge is 0.396 e. The molecular formula is C27H49N3O6. The summed E-state index contributed by atoms with van der Waals surface area (Å²) in [6.45, 7) is 7.45. The van der Waals surface area contributed by atoms with E-state index in [1.165, 1.54) is 24.2 Å². The third-order valence-electron chi connectivity index (χ3n) is 6.57. The highest BCUT2D eigenvalue weighted by atomic mass is 16.5. The van der Waals surface area contributed by atoms with E-state index in [0.717, 1.165) is 38.5 Å². The van der Waals surface area contributed by atoms with Crippen LogP contribution in [0.3, 0.4) is 0 Å². The van der Waals surface area contributed by atoms with Crippen LogP contribution in [0.25, 0.3) is 0 Å². The summed E-state index contributed by atoms with van der Waals surface area (Å²) in [7, 11) is 0. The lowest BCUT2D eigenvalue weighted by Gasteiger charge is -2.24. The molecule has 0 aromatic heterocycles. The molecule has 1 fully saturated rings. The van der Waals surface area contributed by atoms with Crippen LogP contribution in [0.1, 0.15) is 104 Å². The summed E-state index contributed by atoms with van der Waals surface area (Å²) in [6, 6.07) is 0. The topological polar surface area (TPSA) is 125 Å². The van der Waals surface area contributed by atoms with Crippen molar-refractivity contribution in [2.24, 2.45) is 5.92 Å². The molecule has 1 rings (SSSR count). The van der Waals surface area contributed by atoms with Crippen LogP contribution in [0.2, 0.25) is 0 Å². The van der Waals surface area contributed by atoms with Gasteiger partial charge in [0.2, 0.25) is 23.6 Å². The summed E-state index contributed by atoms with van der Waals surface area (Å²) in [5, 5.41) is 14.7. The number of aliphatic hydroxyl groups excluding tert-OH is 1. The van der Waals surface area contributed by atoms with Gasteiger partial charge in [-0.25, -0.2) is 0 Å². The van der Waals surface area contributed by atoms with E-state index in [9.17, 15) is 19.2 Å². The van der Waals surface area contributed by atoms with E-state index in [2.05, 4.69) is 10.6 Å². The lowest BCUT2D eigenvalue weighted by molar-refractivity contribution is -0.139. The lowest BCUT2D eigenvalue weighted by atomic mass is 10.1. The number of carbonyl (C=O) groups is 4. The van der Waals surface area contributed by atoms with E-state index >= 15 is 0 Å². The van der Waals surface area contributed by atoms with Crippen molar-refractivity contribution in [1.29, 1.82) is 0 Å². The fraction of sp³-hybridized carbons (Fsp3) is 0.852. The summed E-state index contributed by atoms with van der Waals surface area (Å²) in [6.07, 6.45) is 11.4. The Morgan fingerprint density at radius 3 is 2.06 bits per heavy atom. The van der Waals surface area contributed by atoms with Crippen LogP contribution in [-0.2, 0) is 23.9 Å². The normalized spacial score (nSPS) is 16.0. The molecule has 0 aliphatic carbocycles. The zero-order chi connectivity index (χ0) is 26.8. The smallest absolute Gasteiger partial charge is 0.232 e. The number of unbranched alkanes of at least 4 members (excludes halogenated alkanes) is 8. The van der Waals surface area contributed by atoms with Crippen molar-refractivity contribution in [1.82, 2.24) is 15.5 Å². The first-order valence-corrected chi connectivity index (χ1v) is 13.8. The molecular weight excluding hydrogens is 462 g/mol. The van der Waals surface area contributed by atoms with Gasteiger partial charge in [0.15, 0.2) is 0 Å². The average Bonchev–Trinajstić information content (AvgIpc) is 3.06. The second-order valence-electron chi connectivity index (χ2n) is 10.5. The minimum atomic E-state index is -0.367. The van der Waals surface area contributed by atoms with Crippen LogP contribution in [0.4, 0.5) is 0 Å². The Balaban J connectivity index is 1.85. The second kappa shape index (κ2) is 18.3. The number of rotatable bonds is 21. The number of hydrogen-bond donors (Lipinski definition) is 3. The summed E-state index contributed by atoms with van der Waals surface area (Å²) in [4.78, 5) is 48.6. The van der Waals surface area contributed by atoms with Gasteiger partial charge in [0.1, 0.15) is 0 Å². The minimum Gasteiger partial charge on any atom is -0.396 e. The second-order valence-corrected chi connectivity index (χ2v) is 10.5. The molecule has 9 nitrogen and oxygen atoms in total. The number of likely N-dealkylation sites (tertiary alicyclic amines) is 1. The molecule has 1 aliphatic heterocycles. The van der Waals surface area contributed by atoms with Gasteiger partial charge >= 0.3 is 0 Å². The highest BCUT2D eigenvalue weighted by Crippen LogP contribution is 2.18. The van der Waals surface area contributed by atoms with E-state index in [0.29, 0.717) is 32.5 Å². The van der Waals surface area contributed by atoms with Crippen molar-refractivity contribution < 1.29 is 29.0 Å². The van der Waals surface area contributed by atoms with E-state index in [1.807, 2.05) is 13.8 Å². The standard InChI is InChI=1S/C27H49N3O6/c1-22-21-25(34)30(26(22)35)18-14-24(33)28-16-12-10-8-6-4-5-7-9-11-13-23(32)29-17-20-36-27(2,3)15-19-31/h22,31H,4-21H2,1-3H3,(H,28,33)(H,29,32). The first-order chi connectivity index (χ1) is 17.2. The van der Waals surface area contributed by atoms with E-state index < -0.39 is 0 Å². The van der Waals surface area contributed by atoms with Crippen LogP contribution in [-0.4, -0.2) is 72.1 Å². The van der Waals surface area contributed by atoms with Crippen molar-refractivity contribution >= 4 is 23.6 Å². The number of nitrogens with zero attached hydrogens (tertiary/aromatic N) is 1. The fourth-order valence-corrected chi connectivity index (χ4v) is 4.21. The number of imide groups is 1. The number of nitrogens with one attached hydrogen (secondary N) is 2. The number of hydrogen-bond acceptors (Lipinski definition) is 6. The van der Waals surface area contributed by atoms with Gasteiger partial charge in [-0.1, -0.05) is 51.9 Å². The first kappa shape index (κ1) is 32.0. The molecule has 0 bridgehead atoms. The van der Waals surface area contributed by atoms with Gasteiger partial charge in [0.05, 0.1) is 12.2 Å². The maximum absolute atomic E-state index is 11.9. The first-order valence-electron chi connectivity index (χ1n) is 13.8. The van der Waals surface area contributed by atoms with Gasteiger partial charge in [-0.2, -0.15) is 0 Å². The molecule has 0 aromatic carbocycles. The Labute approximate surface area is 217 Å². The van der Waals surface area contributed by atoms with Crippen LogP contribution >= 0.6 is 0 Å². The van der Waals surface area contributed by atoms with Crippen molar-refractivity contribution in [3.05, 3.63) is 0 Å². The van der Waals surface area contributed by atoms with E-state index in [1.54, 1.807) is 6.92 Å². The Morgan fingerprint density at radius 1 is 0.917 bits per heavy atom. The number of carbonyl (C=O) groups excluding carboxylic acids is 4. The number of aliphatic hydroxyl groups is 1. The molecule has 3 N–H and O–H groups in total. The Kier molecular flexibility index (Phi) is 16.3. The molecule has 1 unspecified atom stereocenters. The zero-order valence-electron chi connectivity index (χ0n) is 22.7. The summed E-state index contributed by atoms with van der Waals surface area (Å²) < 4.78 is 5.66. The minimum absolute atomic E-state index is 0.0678. The van der Waals surface area contributed by atoms with Crippen LogP contribution in [0.15, 0.2) is 0 Å². The molecule has 0 spiro atoms. The molecule has 9 heteroatoms. The summed E-state index contributed by atoms with van der Waals surface area (Å²) in [5.41, 5.74) is -0.367. The molecule has 36 heavy (non-hydrogen) atoms. The molecule has 1 atom stereocenters. The predicted molar refractivity (Wildman–Crippen MR) is 139 cm³/mol. The molecule has 0 aromatic rings. The Bertz CT molecular complexity index is 682. The zero-order valence-corrected chi connectivity index (χ0v) is 22.7. The Hall–Kier alpha value is -2.00. The van der Waals surface area contributed by atoms with Crippen LogP contribution < -0.4 is 10.6 Å². The third kappa shape index (κ3) is 14.5. The van der Waals surface area contributed by atoms with Gasteiger partial charge in [-0.05, 0) is 33.1 Å². The van der Waals surface area contributed by atoms with E-state index in [4.69, 9.17) is 9.84 Å². The van der Waals surface area contributed by atoms with Crippen molar-refractivity contribution in [3.63, 3.8) is 0 Å². The van der Waals surface area contributed by atoms with Crippen molar-refractivity contribution in [3.8, 4) is 0 Å². The van der Waals surface area contributed by atoms with Crippen LogP contribution in [0.5, 0.6) is 0 Å². The number of amides is 4. The lowest BCUT2D eigenvalue weighted by Crippen LogP contribution is -2.35. The fourth-order valence-electron chi connectivity index (χ4n) is 4.21. The quantitative estimate of drug-likeness (QED) is 0.161. The maximum atomic E-state index is 11.9. The monoisotopic (exact) mass is 511 g/mol. The van der Waals surface area contributed by atoms with Crippen molar-refractivity contribution in [2.45, 2.75) is 110 Å². The highest BCUT2D eigenvalue weighted by Gasteiger charge is 2.35. The maximum Gasteiger partial charge on any atom is 0.232 e. The van der Waals surface area contributed by atoms with Gasteiger partial charge in [-0.3, -0.25) is 24.1 Å². The molecule has 0 saturated carbocycles. The van der Waals surface area contributed by atoms with Gasteiger partial charge in [0.25, 0.3) is 0 Å². The predicted octanol–water partition coefficient (Wildman–Crippen LogP) is 3.08. The average molecular weight is 512 g/mol. The third-order valence-corrected chi connectivity index (χ3v) is 6.57. The Morgan fingerprint density at radius 2 is 1.47 bits per heavy atom. The van der Waals surface area contributed by atoms with Gasteiger partial charge in [-0.15, -0.1) is 0 Å². The van der Waals surface area contributed by atoms with E-state index in [-0.39, 0.29) is 61.1 Å². The number of ether oxygens (including phenoxy) is 1. The molecule has 1 saturated heterocycles. The molecule has 208 valence electrons. The highest BCUT2D eigenvalue weighted by molar-refractivity contribution is 6.03. The van der Waals surface area contributed by atoms with Crippen LogP contribution in [0, 0.1) is 5.92 Å². The molecule has 4 amide bonds. The molecule has 1 heterocycles. The summed E-state index contributed by atoms with van der Waals surface area (Å²) in [5.74, 6) is -0.657. The summed E-state index contributed by atoms with van der Waals surface area (Å²) >= 11 is 0. The SMILES string of the molecule is CC1CC(=O)N(CCC(=O)NCCCCCCCCCCCC(=O)NCCOC(C)(C)CCO)C1=O.